The SMILES string of the molecule is Cc1cc(C)c(C(=O)[PH](=O)OC(Cc2ccccc2)c2ccccc2)c(C)c1. The van der Waals surface area contributed by atoms with Crippen molar-refractivity contribution in [2.75, 3.05) is 0 Å². The molecule has 0 radical (unpaired) electrons. The van der Waals surface area contributed by atoms with Crippen LogP contribution < -0.4 is 0 Å². The molecule has 3 aromatic rings. The molecule has 0 aliphatic heterocycles. The fourth-order valence-corrected chi connectivity index (χ4v) is 4.73. The monoisotopic (exact) mass is 392 g/mol. The van der Waals surface area contributed by atoms with Gasteiger partial charge in [-0.15, -0.1) is 0 Å². The van der Waals surface area contributed by atoms with Crippen LogP contribution in [0.3, 0.4) is 0 Å². The average molecular weight is 392 g/mol. The van der Waals surface area contributed by atoms with Crippen LogP contribution in [0.15, 0.2) is 72.8 Å². The van der Waals surface area contributed by atoms with Crippen molar-refractivity contribution < 1.29 is 13.9 Å². The first-order valence-electron chi connectivity index (χ1n) is 9.37. The van der Waals surface area contributed by atoms with Crippen molar-refractivity contribution in [2.45, 2.75) is 33.3 Å². The molecule has 28 heavy (non-hydrogen) atoms. The number of carbonyl (C=O) groups is 1. The third-order valence-electron chi connectivity index (χ3n) is 4.77. The number of rotatable bonds is 7. The zero-order chi connectivity index (χ0) is 20.1. The second kappa shape index (κ2) is 9.14. The summed E-state index contributed by atoms with van der Waals surface area (Å²) < 4.78 is 18.8. The van der Waals surface area contributed by atoms with E-state index >= 15 is 0 Å². The topological polar surface area (TPSA) is 43.4 Å². The van der Waals surface area contributed by atoms with Gasteiger partial charge < -0.3 is 4.52 Å². The molecule has 144 valence electrons. The highest BCUT2D eigenvalue weighted by molar-refractivity contribution is 7.60. The molecule has 0 N–H and O–H groups in total. The van der Waals surface area contributed by atoms with Crippen molar-refractivity contribution in [1.29, 1.82) is 0 Å². The smallest absolute Gasteiger partial charge is 0.260 e. The molecule has 2 atom stereocenters. The Balaban J connectivity index is 1.86. The quantitative estimate of drug-likeness (QED) is 0.448. The number of carbonyl (C=O) groups excluding carboxylic acids is 1. The van der Waals surface area contributed by atoms with Crippen molar-refractivity contribution in [2.24, 2.45) is 0 Å². The molecule has 0 aromatic heterocycles. The van der Waals surface area contributed by atoms with Crippen LogP contribution >= 0.6 is 8.03 Å². The van der Waals surface area contributed by atoms with E-state index in [2.05, 4.69) is 0 Å². The van der Waals surface area contributed by atoms with E-state index < -0.39 is 19.7 Å². The highest BCUT2D eigenvalue weighted by atomic mass is 31.1. The fourth-order valence-electron chi connectivity index (χ4n) is 3.55. The molecule has 0 saturated heterocycles. The van der Waals surface area contributed by atoms with E-state index in [4.69, 9.17) is 4.52 Å². The highest BCUT2D eigenvalue weighted by Gasteiger charge is 2.24. The van der Waals surface area contributed by atoms with Gasteiger partial charge in [-0.3, -0.25) is 9.36 Å². The standard InChI is InChI=1S/C24H25O3P/c1-17-14-18(2)23(19(3)15-17)24(25)28(26)27-22(21-12-8-5-9-13-21)16-20-10-6-4-7-11-20/h4-15,22,28H,16H2,1-3H3. The largest absolute Gasteiger partial charge is 0.317 e. The van der Waals surface area contributed by atoms with E-state index in [1.165, 1.54) is 0 Å². The molecule has 0 aliphatic carbocycles. The van der Waals surface area contributed by atoms with E-state index in [1.807, 2.05) is 93.6 Å². The van der Waals surface area contributed by atoms with Crippen LogP contribution in [0.1, 0.15) is 44.3 Å². The van der Waals surface area contributed by atoms with E-state index in [1.54, 1.807) is 0 Å². The van der Waals surface area contributed by atoms with E-state index in [0.29, 0.717) is 12.0 Å². The lowest BCUT2D eigenvalue weighted by atomic mass is 10.0. The maximum absolute atomic E-state index is 12.9. The minimum Gasteiger partial charge on any atom is -0.317 e. The number of benzene rings is 3. The summed E-state index contributed by atoms with van der Waals surface area (Å²) in [4.78, 5) is 12.9. The summed E-state index contributed by atoms with van der Waals surface area (Å²) >= 11 is 0. The van der Waals surface area contributed by atoms with Gasteiger partial charge in [-0.25, -0.2) is 0 Å². The average Bonchev–Trinajstić information content (AvgIpc) is 2.68. The maximum atomic E-state index is 12.9. The molecule has 0 aliphatic rings. The zero-order valence-electron chi connectivity index (χ0n) is 16.4. The zero-order valence-corrected chi connectivity index (χ0v) is 17.4. The molecule has 0 fully saturated rings. The molecular formula is C24H25O3P. The maximum Gasteiger partial charge on any atom is 0.260 e. The Hall–Kier alpha value is -2.48. The minimum atomic E-state index is -2.93. The van der Waals surface area contributed by atoms with Gasteiger partial charge >= 0.3 is 0 Å². The third-order valence-corrected chi connectivity index (χ3v) is 5.89. The summed E-state index contributed by atoms with van der Waals surface area (Å²) in [6.07, 6.45) is 0.116. The van der Waals surface area contributed by atoms with Crippen LogP contribution in [0.4, 0.5) is 0 Å². The first-order chi connectivity index (χ1) is 13.5. The number of hydrogen-bond acceptors (Lipinski definition) is 3. The number of hydrogen-bond donors (Lipinski definition) is 0. The van der Waals surface area contributed by atoms with E-state index in [-0.39, 0.29) is 0 Å². The Kier molecular flexibility index (Phi) is 6.61. The highest BCUT2D eigenvalue weighted by Crippen LogP contribution is 2.38. The molecule has 0 bridgehead atoms. The summed E-state index contributed by atoms with van der Waals surface area (Å²) in [5.74, 6) is 0. The van der Waals surface area contributed by atoms with Gasteiger partial charge in [0.05, 0.1) is 6.10 Å². The lowest BCUT2D eigenvalue weighted by Crippen LogP contribution is -2.08. The van der Waals surface area contributed by atoms with Gasteiger partial charge in [0.15, 0.2) is 0 Å². The van der Waals surface area contributed by atoms with Crippen molar-refractivity contribution in [3.63, 3.8) is 0 Å². The minimum absolute atomic E-state index is 0.408. The summed E-state index contributed by atoms with van der Waals surface area (Å²) in [5, 5.41) is 0. The van der Waals surface area contributed by atoms with Gasteiger partial charge in [-0.2, -0.15) is 0 Å². The van der Waals surface area contributed by atoms with E-state index in [0.717, 1.165) is 27.8 Å². The number of aryl methyl sites for hydroxylation is 3. The van der Waals surface area contributed by atoms with Gasteiger partial charge in [0.25, 0.3) is 8.03 Å². The fraction of sp³-hybridized carbons (Fsp3) is 0.208. The Morgan fingerprint density at radius 1 is 0.893 bits per heavy atom. The lowest BCUT2D eigenvalue weighted by Gasteiger charge is -2.19. The molecule has 3 nitrogen and oxygen atoms in total. The van der Waals surface area contributed by atoms with Gasteiger partial charge in [0.2, 0.25) is 5.52 Å². The first-order valence-corrected chi connectivity index (χ1v) is 10.7. The van der Waals surface area contributed by atoms with Gasteiger partial charge in [-0.05, 0) is 43.0 Å². The van der Waals surface area contributed by atoms with Crippen LogP contribution in [-0.4, -0.2) is 5.52 Å². The van der Waals surface area contributed by atoms with Gasteiger partial charge in [0, 0.05) is 12.0 Å². The van der Waals surface area contributed by atoms with E-state index in [9.17, 15) is 9.36 Å². The summed E-state index contributed by atoms with van der Waals surface area (Å²) in [7, 11) is -2.93. The Labute approximate surface area is 167 Å². The Morgan fingerprint density at radius 2 is 1.43 bits per heavy atom. The molecule has 3 aromatic carbocycles. The van der Waals surface area contributed by atoms with Crippen molar-refractivity contribution in [1.82, 2.24) is 0 Å². The summed E-state index contributed by atoms with van der Waals surface area (Å²) in [6.45, 7) is 5.74. The second-order valence-corrected chi connectivity index (χ2v) is 8.36. The normalized spacial score (nSPS) is 13.1. The molecule has 0 heterocycles. The molecular weight excluding hydrogens is 367 g/mol. The van der Waals surface area contributed by atoms with Gasteiger partial charge in [0.1, 0.15) is 0 Å². The summed E-state index contributed by atoms with van der Waals surface area (Å²) in [6, 6.07) is 23.4. The molecule has 2 unspecified atom stereocenters. The molecule has 0 amide bonds. The predicted molar refractivity (Wildman–Crippen MR) is 114 cm³/mol. The lowest BCUT2D eigenvalue weighted by molar-refractivity contribution is 0.104. The van der Waals surface area contributed by atoms with Crippen LogP contribution in [0.25, 0.3) is 0 Å². The third kappa shape index (κ3) is 4.86. The van der Waals surface area contributed by atoms with Crippen molar-refractivity contribution in [3.8, 4) is 0 Å². The van der Waals surface area contributed by atoms with Crippen LogP contribution in [0.5, 0.6) is 0 Å². The van der Waals surface area contributed by atoms with Crippen LogP contribution in [-0.2, 0) is 15.5 Å². The second-order valence-electron chi connectivity index (χ2n) is 7.10. The van der Waals surface area contributed by atoms with Crippen LogP contribution in [0.2, 0.25) is 0 Å². The molecule has 0 saturated carbocycles. The molecule has 3 rings (SSSR count). The van der Waals surface area contributed by atoms with Crippen LogP contribution in [0, 0.1) is 20.8 Å². The van der Waals surface area contributed by atoms with Crippen molar-refractivity contribution >= 4 is 13.6 Å². The van der Waals surface area contributed by atoms with Gasteiger partial charge in [-0.1, -0.05) is 78.4 Å². The predicted octanol–water partition coefficient (Wildman–Crippen LogP) is 6.23. The summed E-state index contributed by atoms with van der Waals surface area (Å²) in [5.41, 5.74) is 4.84. The molecule has 4 heteroatoms. The first kappa shape index (κ1) is 20.3. The van der Waals surface area contributed by atoms with Crippen molar-refractivity contribution in [3.05, 3.63) is 106 Å². The Bertz CT molecular complexity index is 958. The Morgan fingerprint density at radius 3 is 2.00 bits per heavy atom. The molecule has 0 spiro atoms.